The Morgan fingerprint density at radius 2 is 1.92 bits per heavy atom. The number of Topliss-reactive ketones (excluding diaryl/α,β-unsaturated/α-hetero) is 1. The largest absolute Gasteiger partial charge is 0.493 e. The fourth-order valence-corrected chi connectivity index (χ4v) is 3.16. The van der Waals surface area contributed by atoms with Crippen molar-refractivity contribution < 1.29 is 23.1 Å². The van der Waals surface area contributed by atoms with E-state index in [-0.39, 0.29) is 5.78 Å². The Morgan fingerprint density at radius 1 is 1.15 bits per heavy atom. The van der Waals surface area contributed by atoms with Gasteiger partial charge in [-0.2, -0.15) is 0 Å². The minimum absolute atomic E-state index is 0.0739. The number of aromatic nitrogens is 2. The van der Waals surface area contributed by atoms with E-state index in [1.165, 1.54) is 18.9 Å². The van der Waals surface area contributed by atoms with Crippen LogP contribution in [0.5, 0.6) is 11.5 Å². The number of benzene rings is 1. The zero-order chi connectivity index (χ0) is 18.7. The summed E-state index contributed by atoms with van der Waals surface area (Å²) in [7, 11) is 3.08. The van der Waals surface area contributed by atoms with E-state index in [1.807, 2.05) is 6.92 Å². The first-order valence-electron chi connectivity index (χ1n) is 7.84. The van der Waals surface area contributed by atoms with Gasteiger partial charge in [-0.1, -0.05) is 11.8 Å². The van der Waals surface area contributed by atoms with Crippen LogP contribution in [0.25, 0.3) is 11.5 Å². The quantitative estimate of drug-likeness (QED) is 0.453. The summed E-state index contributed by atoms with van der Waals surface area (Å²) in [5.41, 5.74) is 1.26. The summed E-state index contributed by atoms with van der Waals surface area (Å²) in [6, 6.07) is 6.83. The van der Waals surface area contributed by atoms with E-state index in [0.717, 1.165) is 5.56 Å². The average Bonchev–Trinajstić information content (AvgIpc) is 3.28. The first kappa shape index (κ1) is 18.1. The lowest BCUT2D eigenvalue weighted by Gasteiger charge is -2.11. The van der Waals surface area contributed by atoms with Crippen molar-refractivity contribution in [3.8, 4) is 23.0 Å². The van der Waals surface area contributed by atoms with E-state index in [9.17, 15) is 4.79 Å². The Bertz CT molecular complexity index is 918. The standard InChI is InChI=1S/C18H18N2O5S/c1-10-13(7-8-24-10)17-19-20-18(25-17)26-11(2)16(21)12-5-6-14(22-3)15(9-12)23-4/h5-9,11H,1-4H3. The fraction of sp³-hybridized carbons (Fsp3) is 0.278. The van der Waals surface area contributed by atoms with E-state index >= 15 is 0 Å². The number of ether oxygens (including phenoxy) is 2. The molecule has 1 unspecified atom stereocenters. The molecule has 0 N–H and O–H groups in total. The maximum Gasteiger partial charge on any atom is 0.277 e. The molecule has 1 atom stereocenters. The molecule has 1 aromatic carbocycles. The zero-order valence-corrected chi connectivity index (χ0v) is 15.6. The van der Waals surface area contributed by atoms with Gasteiger partial charge in [0.25, 0.3) is 11.1 Å². The highest BCUT2D eigenvalue weighted by Crippen LogP contribution is 2.32. The van der Waals surface area contributed by atoms with Crippen LogP contribution in [-0.4, -0.2) is 35.5 Å². The highest BCUT2D eigenvalue weighted by molar-refractivity contribution is 8.00. The number of hydrogen-bond acceptors (Lipinski definition) is 8. The summed E-state index contributed by atoms with van der Waals surface area (Å²) in [6.45, 7) is 3.60. The Balaban J connectivity index is 1.74. The highest BCUT2D eigenvalue weighted by Gasteiger charge is 2.22. The summed E-state index contributed by atoms with van der Waals surface area (Å²) < 4.78 is 21.3. The van der Waals surface area contributed by atoms with E-state index in [4.69, 9.17) is 18.3 Å². The normalized spacial score (nSPS) is 12.0. The number of rotatable bonds is 7. The van der Waals surface area contributed by atoms with Crippen LogP contribution in [0, 0.1) is 6.92 Å². The third kappa shape index (κ3) is 3.60. The van der Waals surface area contributed by atoms with Gasteiger partial charge in [-0.25, -0.2) is 0 Å². The summed E-state index contributed by atoms with van der Waals surface area (Å²) >= 11 is 1.20. The van der Waals surface area contributed by atoms with Gasteiger partial charge in [-0.05, 0) is 38.1 Å². The lowest BCUT2D eigenvalue weighted by molar-refractivity contribution is 0.0993. The van der Waals surface area contributed by atoms with Gasteiger partial charge in [-0.3, -0.25) is 4.79 Å². The second-order valence-corrected chi connectivity index (χ2v) is 6.75. The number of hydrogen-bond donors (Lipinski definition) is 0. The molecule has 0 fully saturated rings. The molecule has 2 aromatic heterocycles. The second kappa shape index (κ2) is 7.65. The van der Waals surface area contributed by atoms with E-state index in [2.05, 4.69) is 10.2 Å². The molecule has 0 amide bonds. The summed E-state index contributed by atoms with van der Waals surface area (Å²) in [4.78, 5) is 12.7. The number of carbonyl (C=O) groups excluding carboxylic acids is 1. The third-order valence-corrected chi connectivity index (χ3v) is 4.74. The van der Waals surface area contributed by atoms with Crippen LogP contribution in [0.2, 0.25) is 0 Å². The van der Waals surface area contributed by atoms with Gasteiger partial charge in [-0.15, -0.1) is 10.2 Å². The number of aryl methyl sites for hydroxylation is 1. The van der Waals surface area contributed by atoms with Gasteiger partial charge in [0.15, 0.2) is 17.3 Å². The van der Waals surface area contributed by atoms with Gasteiger partial charge in [0.2, 0.25) is 0 Å². The molecule has 7 nitrogen and oxygen atoms in total. The third-order valence-electron chi connectivity index (χ3n) is 3.81. The molecule has 136 valence electrons. The number of nitrogens with zero attached hydrogens (tertiary/aromatic N) is 2. The van der Waals surface area contributed by atoms with Crippen molar-refractivity contribution in [3.63, 3.8) is 0 Å². The molecule has 0 spiro atoms. The van der Waals surface area contributed by atoms with Crippen molar-refractivity contribution >= 4 is 17.5 Å². The summed E-state index contributed by atoms with van der Waals surface area (Å²) in [5, 5.41) is 7.92. The van der Waals surface area contributed by atoms with Crippen molar-refractivity contribution in [2.75, 3.05) is 14.2 Å². The van der Waals surface area contributed by atoms with Gasteiger partial charge < -0.3 is 18.3 Å². The molecule has 0 aliphatic rings. The number of carbonyl (C=O) groups is 1. The second-order valence-electron chi connectivity index (χ2n) is 5.46. The summed E-state index contributed by atoms with van der Waals surface area (Å²) in [6.07, 6.45) is 1.56. The van der Waals surface area contributed by atoms with Crippen molar-refractivity contribution in [1.82, 2.24) is 10.2 Å². The molecule has 26 heavy (non-hydrogen) atoms. The van der Waals surface area contributed by atoms with Crippen molar-refractivity contribution in [2.24, 2.45) is 0 Å². The zero-order valence-electron chi connectivity index (χ0n) is 14.8. The van der Waals surface area contributed by atoms with Crippen LogP contribution in [0.4, 0.5) is 0 Å². The van der Waals surface area contributed by atoms with E-state index < -0.39 is 5.25 Å². The van der Waals surface area contributed by atoms with Crippen LogP contribution in [-0.2, 0) is 0 Å². The maximum atomic E-state index is 12.7. The molecule has 3 rings (SSSR count). The van der Waals surface area contributed by atoms with Gasteiger partial charge >= 0.3 is 0 Å². The van der Waals surface area contributed by atoms with Crippen molar-refractivity contribution in [3.05, 3.63) is 41.9 Å². The summed E-state index contributed by atoms with van der Waals surface area (Å²) in [5.74, 6) is 2.06. The predicted molar refractivity (Wildman–Crippen MR) is 95.9 cm³/mol. The topological polar surface area (TPSA) is 87.6 Å². The van der Waals surface area contributed by atoms with Crippen LogP contribution < -0.4 is 9.47 Å². The number of ketones is 1. The Morgan fingerprint density at radius 3 is 2.58 bits per heavy atom. The van der Waals surface area contributed by atoms with Crippen molar-refractivity contribution in [2.45, 2.75) is 24.3 Å². The molecule has 0 radical (unpaired) electrons. The van der Waals surface area contributed by atoms with Crippen LogP contribution in [0.3, 0.4) is 0 Å². The van der Waals surface area contributed by atoms with Crippen LogP contribution in [0.1, 0.15) is 23.0 Å². The van der Waals surface area contributed by atoms with E-state index in [0.29, 0.717) is 33.9 Å². The molecular weight excluding hydrogens is 356 g/mol. The fourth-order valence-electron chi connectivity index (χ4n) is 2.40. The highest BCUT2D eigenvalue weighted by atomic mass is 32.2. The molecule has 0 aliphatic carbocycles. The van der Waals surface area contributed by atoms with E-state index in [1.54, 1.807) is 44.6 Å². The minimum atomic E-state index is -0.410. The van der Waals surface area contributed by atoms with Gasteiger partial charge in [0.1, 0.15) is 5.76 Å². The van der Waals surface area contributed by atoms with Crippen LogP contribution in [0.15, 0.2) is 44.6 Å². The average molecular weight is 374 g/mol. The first-order chi connectivity index (χ1) is 12.5. The minimum Gasteiger partial charge on any atom is -0.493 e. The Kier molecular flexibility index (Phi) is 5.32. The SMILES string of the molecule is COc1ccc(C(=O)C(C)Sc2nnc(-c3ccoc3C)o2)cc1OC. The molecule has 3 aromatic rings. The molecule has 2 heterocycles. The molecule has 0 bridgehead atoms. The lowest BCUT2D eigenvalue weighted by Crippen LogP contribution is -2.13. The number of thioether (sulfide) groups is 1. The predicted octanol–water partition coefficient (Wildman–Crippen LogP) is 4.02. The Hall–Kier alpha value is -2.74. The molecule has 0 aliphatic heterocycles. The molecule has 0 saturated heterocycles. The van der Waals surface area contributed by atoms with Gasteiger partial charge in [0.05, 0.1) is 31.3 Å². The van der Waals surface area contributed by atoms with Crippen molar-refractivity contribution in [1.29, 1.82) is 0 Å². The van der Waals surface area contributed by atoms with Gasteiger partial charge in [0, 0.05) is 5.56 Å². The van der Waals surface area contributed by atoms with Crippen LogP contribution >= 0.6 is 11.8 Å². The lowest BCUT2D eigenvalue weighted by atomic mass is 10.1. The molecule has 0 saturated carbocycles. The monoisotopic (exact) mass is 374 g/mol. The smallest absolute Gasteiger partial charge is 0.277 e. The maximum absolute atomic E-state index is 12.7. The first-order valence-corrected chi connectivity index (χ1v) is 8.72. The Labute approximate surface area is 154 Å². The number of methoxy groups -OCH3 is 2. The molecule has 8 heteroatoms. The molecular formula is C18H18N2O5S. The number of furan rings is 1.